The maximum absolute atomic E-state index is 11.8. The summed E-state index contributed by atoms with van der Waals surface area (Å²) in [5.41, 5.74) is 0.0712. The number of carbonyl (C=O) groups excluding carboxylic acids is 1. The van der Waals surface area contributed by atoms with Gasteiger partial charge in [-0.15, -0.1) is 0 Å². The van der Waals surface area contributed by atoms with Crippen molar-refractivity contribution < 1.29 is 14.3 Å². The van der Waals surface area contributed by atoms with E-state index in [1.54, 1.807) is 31.2 Å². The van der Waals surface area contributed by atoms with Crippen LogP contribution in [0.1, 0.15) is 15.9 Å². The first-order valence-electron chi connectivity index (χ1n) is 7.22. The molecule has 1 aromatic heterocycles. The smallest absolute Gasteiger partial charge is 0.338 e. The van der Waals surface area contributed by atoms with Crippen LogP contribution in [0.4, 0.5) is 0 Å². The molecule has 1 N–H and O–H groups in total. The molecule has 1 aromatic carbocycles. The number of aromatic amines is 1. The van der Waals surface area contributed by atoms with E-state index in [9.17, 15) is 14.4 Å². The Kier molecular flexibility index (Phi) is 4.12. The van der Waals surface area contributed by atoms with Crippen LogP contribution >= 0.6 is 0 Å². The van der Waals surface area contributed by atoms with E-state index in [2.05, 4.69) is 4.98 Å². The number of epoxide rings is 1. The monoisotopic (exact) mass is 316 g/mol. The number of benzene rings is 1. The molecule has 3 rings (SSSR count). The molecule has 2 heterocycles. The predicted octanol–water partition coefficient (Wildman–Crippen LogP) is 0.469. The molecule has 2 atom stereocenters. The number of ether oxygens (including phenoxy) is 2. The molecule has 2 aromatic rings. The van der Waals surface area contributed by atoms with E-state index in [-0.39, 0.29) is 18.8 Å². The number of hydrogen-bond donors (Lipinski definition) is 1. The lowest BCUT2D eigenvalue weighted by atomic mass is 10.2. The second-order valence-electron chi connectivity index (χ2n) is 5.40. The summed E-state index contributed by atoms with van der Waals surface area (Å²) < 4.78 is 12.0. The van der Waals surface area contributed by atoms with Crippen molar-refractivity contribution in [2.75, 3.05) is 6.61 Å². The number of aryl methyl sites for hydroxylation is 1. The fourth-order valence-electron chi connectivity index (χ4n) is 2.25. The number of rotatable bonds is 5. The van der Waals surface area contributed by atoms with E-state index >= 15 is 0 Å². The van der Waals surface area contributed by atoms with E-state index in [1.807, 2.05) is 6.07 Å². The quantitative estimate of drug-likeness (QED) is 0.639. The second kappa shape index (κ2) is 6.21. The van der Waals surface area contributed by atoms with Crippen molar-refractivity contribution in [2.24, 2.45) is 0 Å². The van der Waals surface area contributed by atoms with Crippen LogP contribution in [0.15, 0.2) is 46.1 Å². The van der Waals surface area contributed by atoms with E-state index in [1.165, 1.54) is 10.8 Å². The van der Waals surface area contributed by atoms with Gasteiger partial charge < -0.3 is 9.47 Å². The van der Waals surface area contributed by atoms with Crippen molar-refractivity contribution in [3.05, 3.63) is 68.5 Å². The van der Waals surface area contributed by atoms with Crippen molar-refractivity contribution in [3.63, 3.8) is 0 Å². The number of carbonyl (C=O) groups is 1. The van der Waals surface area contributed by atoms with Crippen molar-refractivity contribution in [2.45, 2.75) is 25.7 Å². The highest BCUT2D eigenvalue weighted by Crippen LogP contribution is 2.24. The van der Waals surface area contributed by atoms with Crippen molar-refractivity contribution in [1.29, 1.82) is 0 Å². The third kappa shape index (κ3) is 3.57. The van der Waals surface area contributed by atoms with Crippen LogP contribution in [0.25, 0.3) is 0 Å². The summed E-state index contributed by atoms with van der Waals surface area (Å²) in [6.45, 7) is 2.07. The van der Waals surface area contributed by atoms with Crippen molar-refractivity contribution in [1.82, 2.24) is 9.55 Å². The highest BCUT2D eigenvalue weighted by molar-refractivity contribution is 5.89. The third-order valence-corrected chi connectivity index (χ3v) is 3.64. The van der Waals surface area contributed by atoms with Gasteiger partial charge in [-0.2, -0.15) is 0 Å². The lowest BCUT2D eigenvalue weighted by molar-refractivity contribution is 0.0476. The minimum atomic E-state index is -0.476. The summed E-state index contributed by atoms with van der Waals surface area (Å²) in [5, 5.41) is 0. The molecule has 1 aliphatic heterocycles. The predicted molar refractivity (Wildman–Crippen MR) is 81.4 cm³/mol. The molecule has 0 spiro atoms. The molecule has 0 aliphatic carbocycles. The maximum atomic E-state index is 11.8. The number of hydrogen-bond acceptors (Lipinski definition) is 5. The van der Waals surface area contributed by atoms with Gasteiger partial charge in [-0.25, -0.2) is 9.59 Å². The van der Waals surface area contributed by atoms with E-state index < -0.39 is 17.2 Å². The van der Waals surface area contributed by atoms with Crippen LogP contribution in [0.5, 0.6) is 0 Å². The zero-order valence-corrected chi connectivity index (χ0v) is 12.5. The minimum Gasteiger partial charge on any atom is -0.459 e. The lowest BCUT2D eigenvalue weighted by Gasteiger charge is -2.04. The average molecular weight is 316 g/mol. The maximum Gasteiger partial charge on any atom is 0.338 e. The van der Waals surface area contributed by atoms with Gasteiger partial charge in [0.25, 0.3) is 5.56 Å². The zero-order valence-electron chi connectivity index (χ0n) is 12.5. The minimum absolute atomic E-state index is 0.134. The standard InChI is InChI=1S/C16H16N2O5/c1-10-7-18(16(21)17-14(10)19)8-12-13(23-12)9-22-15(20)11-5-3-2-4-6-11/h2-7,12-13H,8-9H2,1H3,(H,17,19,21)/t12-,13+/m0/s1. The van der Waals surface area contributed by atoms with Crippen LogP contribution < -0.4 is 11.2 Å². The third-order valence-electron chi connectivity index (χ3n) is 3.64. The molecule has 0 saturated carbocycles. The average Bonchev–Trinajstić information content (AvgIpc) is 3.29. The summed E-state index contributed by atoms with van der Waals surface area (Å²) in [7, 11) is 0. The van der Waals surface area contributed by atoms with E-state index in [4.69, 9.17) is 9.47 Å². The molecule has 0 amide bonds. The fourth-order valence-corrected chi connectivity index (χ4v) is 2.25. The molecule has 1 fully saturated rings. The Balaban J connectivity index is 1.53. The molecule has 1 saturated heterocycles. The number of nitrogens with one attached hydrogen (secondary N) is 1. The molecule has 7 nitrogen and oxygen atoms in total. The molecule has 0 bridgehead atoms. The summed E-state index contributed by atoms with van der Waals surface area (Å²) in [4.78, 5) is 37.0. The first kappa shape index (κ1) is 15.2. The van der Waals surface area contributed by atoms with Gasteiger partial charge in [0, 0.05) is 11.8 Å². The number of esters is 1. The van der Waals surface area contributed by atoms with Gasteiger partial charge in [-0.05, 0) is 19.1 Å². The number of nitrogens with zero attached hydrogens (tertiary/aromatic N) is 1. The summed E-state index contributed by atoms with van der Waals surface area (Å²) in [6.07, 6.45) is 1.05. The van der Waals surface area contributed by atoms with Gasteiger partial charge in [-0.1, -0.05) is 18.2 Å². The Morgan fingerprint density at radius 3 is 2.74 bits per heavy atom. The van der Waals surface area contributed by atoms with Gasteiger partial charge in [0.15, 0.2) is 0 Å². The van der Waals surface area contributed by atoms with Gasteiger partial charge in [0.1, 0.15) is 18.8 Å². The second-order valence-corrected chi connectivity index (χ2v) is 5.40. The molecule has 0 radical (unpaired) electrons. The molecule has 0 unspecified atom stereocenters. The fraction of sp³-hybridized carbons (Fsp3) is 0.312. The molecular weight excluding hydrogens is 300 g/mol. The Bertz CT molecular complexity index is 824. The highest BCUT2D eigenvalue weighted by atomic mass is 16.6. The first-order valence-corrected chi connectivity index (χ1v) is 7.22. The molecular formula is C16H16N2O5. The zero-order chi connectivity index (χ0) is 16.4. The Labute approximate surface area is 131 Å². The summed E-state index contributed by atoms with van der Waals surface area (Å²) >= 11 is 0. The molecule has 23 heavy (non-hydrogen) atoms. The van der Waals surface area contributed by atoms with Crippen LogP contribution in [0, 0.1) is 6.92 Å². The first-order chi connectivity index (χ1) is 11.0. The highest BCUT2D eigenvalue weighted by Gasteiger charge is 2.40. The topological polar surface area (TPSA) is 93.7 Å². The summed E-state index contributed by atoms with van der Waals surface area (Å²) in [6, 6.07) is 8.70. The largest absolute Gasteiger partial charge is 0.459 e. The van der Waals surface area contributed by atoms with Crippen molar-refractivity contribution >= 4 is 5.97 Å². The molecule has 1 aliphatic rings. The van der Waals surface area contributed by atoms with E-state index in [0.717, 1.165) is 0 Å². The number of aromatic nitrogens is 2. The van der Waals surface area contributed by atoms with E-state index in [0.29, 0.717) is 17.7 Å². The molecule has 7 heteroatoms. The van der Waals surface area contributed by atoms with Gasteiger partial charge in [0.2, 0.25) is 0 Å². The molecule has 120 valence electrons. The lowest BCUT2D eigenvalue weighted by Crippen LogP contribution is -2.32. The Morgan fingerprint density at radius 1 is 1.26 bits per heavy atom. The SMILES string of the molecule is Cc1cn(C[C@@H]2O[C@@H]2COC(=O)c2ccccc2)c(=O)[nH]c1=O. The van der Waals surface area contributed by atoms with Gasteiger partial charge in [-0.3, -0.25) is 14.3 Å². The van der Waals surface area contributed by atoms with Crippen LogP contribution in [-0.4, -0.2) is 34.3 Å². The van der Waals surface area contributed by atoms with Gasteiger partial charge in [0.05, 0.1) is 12.1 Å². The Morgan fingerprint density at radius 2 is 2.00 bits per heavy atom. The normalized spacial score (nSPS) is 19.3. The summed E-state index contributed by atoms with van der Waals surface area (Å²) in [5.74, 6) is -0.406. The van der Waals surface area contributed by atoms with Gasteiger partial charge >= 0.3 is 11.7 Å². The van der Waals surface area contributed by atoms with Crippen LogP contribution in [0.3, 0.4) is 0 Å². The number of H-pyrrole nitrogens is 1. The van der Waals surface area contributed by atoms with Crippen molar-refractivity contribution in [3.8, 4) is 0 Å². The Hall–Kier alpha value is -2.67. The van der Waals surface area contributed by atoms with Crippen LogP contribution in [-0.2, 0) is 16.0 Å². The van der Waals surface area contributed by atoms with Crippen LogP contribution in [0.2, 0.25) is 0 Å².